The number of carbonyl (C=O) groups excluding carboxylic acids is 1. The molecule has 1 heterocycles. The topological polar surface area (TPSA) is 58.7 Å². The van der Waals surface area contributed by atoms with Gasteiger partial charge in [-0.25, -0.2) is 18.2 Å². The van der Waals surface area contributed by atoms with E-state index in [1.165, 1.54) is 48.0 Å². The number of halogens is 3. The van der Waals surface area contributed by atoms with Gasteiger partial charge in [0, 0.05) is 18.6 Å². The van der Waals surface area contributed by atoms with E-state index in [9.17, 15) is 18.0 Å². The summed E-state index contributed by atoms with van der Waals surface area (Å²) < 4.78 is 41.8. The maximum atomic E-state index is 14.2. The lowest BCUT2D eigenvalue weighted by Crippen LogP contribution is -2.49. The largest absolute Gasteiger partial charge is 0.330 e. The zero-order chi connectivity index (χ0) is 20.8. The summed E-state index contributed by atoms with van der Waals surface area (Å²) in [5, 5.41) is 6.10. The molecule has 1 spiro atoms. The minimum atomic E-state index is -1.00. The van der Waals surface area contributed by atoms with Crippen molar-refractivity contribution in [1.82, 2.24) is 5.01 Å². The standard InChI is InChI=1S/C21H20F3N3OS/c1-12(28)27-21(29-20(26-27)14-8-17(23)10-18(24)9-14)15(6-7-25)4-2-13-3-5-16(22)11-19(13)21/h3,5,8-11,15H,2,4,6-7,25H2,1H3/t15-,21+/m1/s1. The van der Waals surface area contributed by atoms with Gasteiger partial charge in [0.2, 0.25) is 5.91 Å². The SMILES string of the molecule is CC(=O)N1N=C(c2cc(F)cc(F)c2)S[C@@]12c1cc(F)ccc1CC[C@@H]2CCN. The smallest absolute Gasteiger partial charge is 0.241 e. The van der Waals surface area contributed by atoms with Crippen LogP contribution in [0.2, 0.25) is 0 Å². The molecule has 0 unspecified atom stereocenters. The monoisotopic (exact) mass is 419 g/mol. The van der Waals surface area contributed by atoms with Crippen LogP contribution in [0.1, 0.15) is 36.5 Å². The summed E-state index contributed by atoms with van der Waals surface area (Å²) in [5.41, 5.74) is 7.68. The van der Waals surface area contributed by atoms with E-state index in [0.717, 1.165) is 24.5 Å². The third kappa shape index (κ3) is 3.34. The number of aryl methyl sites for hydroxylation is 1. The first-order valence-corrected chi connectivity index (χ1v) is 10.2. The van der Waals surface area contributed by atoms with E-state index >= 15 is 0 Å². The first kappa shape index (κ1) is 20.0. The molecule has 2 N–H and O–H groups in total. The summed E-state index contributed by atoms with van der Waals surface area (Å²) in [5.74, 6) is -2.29. The highest BCUT2D eigenvalue weighted by Gasteiger charge is 2.55. The predicted octanol–water partition coefficient (Wildman–Crippen LogP) is 4.13. The summed E-state index contributed by atoms with van der Waals surface area (Å²) >= 11 is 1.24. The van der Waals surface area contributed by atoms with Crippen molar-refractivity contribution in [2.24, 2.45) is 16.8 Å². The molecule has 0 fully saturated rings. The number of nitrogens with zero attached hydrogens (tertiary/aromatic N) is 2. The van der Waals surface area contributed by atoms with Crippen molar-refractivity contribution in [3.63, 3.8) is 0 Å². The lowest BCUT2D eigenvalue weighted by atomic mass is 9.77. The molecular weight excluding hydrogens is 399 g/mol. The summed E-state index contributed by atoms with van der Waals surface area (Å²) in [7, 11) is 0. The molecule has 0 bridgehead atoms. The van der Waals surface area contributed by atoms with Crippen LogP contribution in [0.4, 0.5) is 13.2 Å². The predicted molar refractivity (Wildman–Crippen MR) is 107 cm³/mol. The molecule has 4 rings (SSSR count). The van der Waals surface area contributed by atoms with E-state index < -0.39 is 22.3 Å². The number of hydrazone groups is 1. The maximum Gasteiger partial charge on any atom is 0.241 e. The first-order chi connectivity index (χ1) is 13.8. The molecular formula is C21H20F3N3OS. The Kier molecular flexibility index (Phi) is 5.16. The lowest BCUT2D eigenvalue weighted by Gasteiger charge is -2.45. The Balaban J connectivity index is 1.90. The number of hydrogen-bond donors (Lipinski definition) is 1. The molecule has 4 nitrogen and oxygen atoms in total. The second kappa shape index (κ2) is 7.50. The fraction of sp³-hybridized carbons (Fsp3) is 0.333. The maximum absolute atomic E-state index is 14.2. The van der Waals surface area contributed by atoms with E-state index in [1.54, 1.807) is 6.07 Å². The van der Waals surface area contributed by atoms with Crippen molar-refractivity contribution >= 4 is 22.7 Å². The Morgan fingerprint density at radius 3 is 2.59 bits per heavy atom. The number of nitrogens with two attached hydrogens (primary N) is 1. The average Bonchev–Trinajstić information content (AvgIpc) is 3.06. The van der Waals surface area contributed by atoms with E-state index in [0.29, 0.717) is 23.6 Å². The number of fused-ring (bicyclic) bond motifs is 2. The van der Waals surface area contributed by atoms with Gasteiger partial charge >= 0.3 is 0 Å². The molecule has 2 aromatic rings. The molecule has 0 saturated heterocycles. The molecule has 1 aliphatic heterocycles. The second-order valence-corrected chi connectivity index (χ2v) is 8.52. The van der Waals surface area contributed by atoms with Crippen LogP contribution in [0.3, 0.4) is 0 Å². The Labute approximate surface area is 171 Å². The van der Waals surface area contributed by atoms with E-state index in [-0.39, 0.29) is 17.4 Å². The molecule has 0 radical (unpaired) electrons. The van der Waals surface area contributed by atoms with Crippen molar-refractivity contribution in [2.75, 3.05) is 6.54 Å². The molecule has 2 atom stereocenters. The highest BCUT2D eigenvalue weighted by atomic mass is 32.2. The van der Waals surface area contributed by atoms with Gasteiger partial charge in [0.05, 0.1) is 0 Å². The molecule has 1 aliphatic carbocycles. The summed E-state index contributed by atoms with van der Waals surface area (Å²) in [6, 6.07) is 7.70. The molecule has 29 heavy (non-hydrogen) atoms. The summed E-state index contributed by atoms with van der Waals surface area (Å²) in [4.78, 5) is 11.6. The quantitative estimate of drug-likeness (QED) is 0.814. The van der Waals surface area contributed by atoms with E-state index in [4.69, 9.17) is 5.73 Å². The minimum absolute atomic E-state index is 0.0876. The van der Waals surface area contributed by atoms with Crippen molar-refractivity contribution in [2.45, 2.75) is 31.1 Å². The van der Waals surface area contributed by atoms with Gasteiger partial charge in [0.15, 0.2) is 0 Å². The second-order valence-electron chi connectivity index (χ2n) is 7.31. The van der Waals surface area contributed by atoms with Gasteiger partial charge in [-0.15, -0.1) is 0 Å². The van der Waals surface area contributed by atoms with Crippen molar-refractivity contribution in [3.8, 4) is 0 Å². The van der Waals surface area contributed by atoms with Crippen LogP contribution in [0.25, 0.3) is 0 Å². The van der Waals surface area contributed by atoms with Gasteiger partial charge in [0.1, 0.15) is 27.4 Å². The van der Waals surface area contributed by atoms with E-state index in [1.807, 2.05) is 0 Å². The molecule has 2 aromatic carbocycles. The van der Waals surface area contributed by atoms with Crippen molar-refractivity contribution < 1.29 is 18.0 Å². The van der Waals surface area contributed by atoms with Crippen LogP contribution in [-0.2, 0) is 16.1 Å². The van der Waals surface area contributed by atoms with Gasteiger partial charge in [-0.3, -0.25) is 4.79 Å². The number of rotatable bonds is 3. The third-order valence-corrected chi connectivity index (χ3v) is 7.00. The number of thioether (sulfide) groups is 1. The highest BCUT2D eigenvalue weighted by Crippen LogP contribution is 2.57. The van der Waals surface area contributed by atoms with Gasteiger partial charge in [0.25, 0.3) is 0 Å². The molecule has 8 heteroatoms. The van der Waals surface area contributed by atoms with Gasteiger partial charge in [-0.05, 0) is 67.1 Å². The van der Waals surface area contributed by atoms with Crippen LogP contribution < -0.4 is 5.73 Å². The van der Waals surface area contributed by atoms with Gasteiger partial charge in [-0.2, -0.15) is 5.10 Å². The Bertz CT molecular complexity index is 992. The molecule has 2 aliphatic rings. The van der Waals surface area contributed by atoms with Gasteiger partial charge in [-0.1, -0.05) is 17.8 Å². The highest BCUT2D eigenvalue weighted by molar-refractivity contribution is 8.15. The summed E-state index contributed by atoms with van der Waals surface area (Å²) in [6.45, 7) is 1.78. The zero-order valence-electron chi connectivity index (χ0n) is 15.8. The zero-order valence-corrected chi connectivity index (χ0v) is 16.6. The number of benzene rings is 2. The molecule has 0 saturated carbocycles. The first-order valence-electron chi connectivity index (χ1n) is 9.39. The van der Waals surface area contributed by atoms with Gasteiger partial charge < -0.3 is 5.73 Å². The number of hydrogen-bond acceptors (Lipinski definition) is 4. The van der Waals surface area contributed by atoms with Crippen LogP contribution in [0, 0.1) is 23.4 Å². The van der Waals surface area contributed by atoms with Crippen LogP contribution in [0.5, 0.6) is 0 Å². The normalized spacial score (nSPS) is 23.3. The number of amides is 1. The van der Waals surface area contributed by atoms with Crippen LogP contribution in [0.15, 0.2) is 41.5 Å². The van der Waals surface area contributed by atoms with Crippen molar-refractivity contribution in [1.29, 1.82) is 0 Å². The fourth-order valence-corrected chi connectivity index (χ4v) is 5.90. The van der Waals surface area contributed by atoms with Crippen LogP contribution in [-0.4, -0.2) is 22.5 Å². The Morgan fingerprint density at radius 2 is 1.93 bits per heavy atom. The minimum Gasteiger partial charge on any atom is -0.330 e. The Morgan fingerprint density at radius 1 is 1.21 bits per heavy atom. The summed E-state index contributed by atoms with van der Waals surface area (Å²) in [6.07, 6.45) is 2.08. The molecule has 152 valence electrons. The Hall–Kier alpha value is -2.32. The fourth-order valence-electron chi connectivity index (χ4n) is 4.29. The average molecular weight is 419 g/mol. The van der Waals surface area contributed by atoms with E-state index in [2.05, 4.69) is 5.10 Å². The van der Waals surface area contributed by atoms with Crippen molar-refractivity contribution in [3.05, 3.63) is 70.5 Å². The molecule has 1 amide bonds. The number of carbonyl (C=O) groups is 1. The lowest BCUT2D eigenvalue weighted by molar-refractivity contribution is -0.134. The third-order valence-electron chi connectivity index (χ3n) is 5.45. The molecule has 0 aromatic heterocycles. The van der Waals surface area contributed by atoms with Crippen LogP contribution >= 0.6 is 11.8 Å².